The molecule has 0 N–H and O–H groups in total. The molecule has 1 atom stereocenters. The SMILES string of the molecule is CC(=O)CC1(C)CCCc2ccccc2C1=O. The lowest BCUT2D eigenvalue weighted by atomic mass is 9.76. The summed E-state index contributed by atoms with van der Waals surface area (Å²) in [6, 6.07) is 7.78. The molecule has 1 aromatic carbocycles. The molecule has 0 spiro atoms. The Morgan fingerprint density at radius 2 is 2.06 bits per heavy atom. The van der Waals surface area contributed by atoms with Crippen molar-refractivity contribution in [2.24, 2.45) is 5.41 Å². The highest BCUT2D eigenvalue weighted by Gasteiger charge is 2.37. The van der Waals surface area contributed by atoms with Gasteiger partial charge in [-0.3, -0.25) is 9.59 Å². The Kier molecular flexibility index (Phi) is 3.14. The molecular formula is C15H18O2. The van der Waals surface area contributed by atoms with Crippen molar-refractivity contribution < 1.29 is 9.59 Å². The van der Waals surface area contributed by atoms with Gasteiger partial charge in [-0.15, -0.1) is 0 Å². The topological polar surface area (TPSA) is 34.1 Å². The Balaban J connectivity index is 2.41. The maximum atomic E-state index is 12.5. The fourth-order valence-corrected chi connectivity index (χ4v) is 2.79. The molecule has 2 rings (SSSR count). The molecule has 17 heavy (non-hydrogen) atoms. The lowest BCUT2D eigenvalue weighted by Gasteiger charge is -2.25. The van der Waals surface area contributed by atoms with E-state index in [1.54, 1.807) is 6.92 Å². The summed E-state index contributed by atoms with van der Waals surface area (Å²) < 4.78 is 0. The molecule has 2 nitrogen and oxygen atoms in total. The Hall–Kier alpha value is -1.44. The standard InChI is InChI=1S/C15H18O2/c1-11(16)10-15(2)9-5-7-12-6-3-4-8-13(12)14(15)17/h3-4,6,8H,5,7,9-10H2,1-2H3. The predicted octanol–water partition coefficient (Wildman–Crippen LogP) is 3.19. The van der Waals surface area contributed by atoms with Crippen molar-refractivity contribution in [2.45, 2.75) is 39.5 Å². The second kappa shape index (κ2) is 4.44. The van der Waals surface area contributed by atoms with Crippen LogP contribution in [0, 0.1) is 5.41 Å². The Morgan fingerprint density at radius 3 is 2.76 bits per heavy atom. The van der Waals surface area contributed by atoms with Gasteiger partial charge in [0.2, 0.25) is 0 Å². The predicted molar refractivity (Wildman–Crippen MR) is 67.1 cm³/mol. The molecule has 0 fully saturated rings. The van der Waals surface area contributed by atoms with Crippen molar-refractivity contribution in [1.82, 2.24) is 0 Å². The maximum Gasteiger partial charge on any atom is 0.169 e. The van der Waals surface area contributed by atoms with Gasteiger partial charge in [0.15, 0.2) is 5.78 Å². The lowest BCUT2D eigenvalue weighted by Crippen LogP contribution is -2.29. The molecule has 0 aromatic heterocycles. The van der Waals surface area contributed by atoms with Crippen LogP contribution in [0.5, 0.6) is 0 Å². The van der Waals surface area contributed by atoms with Gasteiger partial charge in [-0.05, 0) is 31.7 Å². The van der Waals surface area contributed by atoms with Crippen molar-refractivity contribution in [2.75, 3.05) is 0 Å². The summed E-state index contributed by atoms with van der Waals surface area (Å²) in [4.78, 5) is 23.9. The molecule has 0 saturated heterocycles. The van der Waals surface area contributed by atoms with Gasteiger partial charge >= 0.3 is 0 Å². The first-order valence-electron chi connectivity index (χ1n) is 6.15. The van der Waals surface area contributed by atoms with Crippen molar-refractivity contribution in [3.63, 3.8) is 0 Å². The van der Waals surface area contributed by atoms with Crippen molar-refractivity contribution >= 4 is 11.6 Å². The van der Waals surface area contributed by atoms with Gasteiger partial charge in [-0.25, -0.2) is 0 Å². The summed E-state index contributed by atoms with van der Waals surface area (Å²) in [7, 11) is 0. The van der Waals surface area contributed by atoms with Gasteiger partial charge in [-0.1, -0.05) is 31.2 Å². The number of aryl methyl sites for hydroxylation is 1. The van der Waals surface area contributed by atoms with Gasteiger partial charge in [0.25, 0.3) is 0 Å². The summed E-state index contributed by atoms with van der Waals surface area (Å²) in [5.41, 5.74) is 1.44. The summed E-state index contributed by atoms with van der Waals surface area (Å²) in [6.45, 7) is 3.49. The Bertz CT molecular complexity index is 462. The monoisotopic (exact) mass is 230 g/mol. The second-order valence-electron chi connectivity index (χ2n) is 5.28. The second-order valence-corrected chi connectivity index (χ2v) is 5.28. The molecule has 0 radical (unpaired) electrons. The van der Waals surface area contributed by atoms with E-state index in [0.717, 1.165) is 30.4 Å². The summed E-state index contributed by atoms with van der Waals surface area (Å²) >= 11 is 0. The van der Waals surface area contributed by atoms with Crippen LogP contribution in [0.25, 0.3) is 0 Å². The van der Waals surface area contributed by atoms with E-state index < -0.39 is 5.41 Å². The number of ketones is 2. The van der Waals surface area contributed by atoms with E-state index >= 15 is 0 Å². The molecule has 0 heterocycles. The average molecular weight is 230 g/mol. The number of Topliss-reactive ketones (excluding diaryl/α,β-unsaturated/α-hetero) is 2. The minimum Gasteiger partial charge on any atom is -0.300 e. The van der Waals surface area contributed by atoms with Crippen molar-refractivity contribution in [3.05, 3.63) is 35.4 Å². The highest BCUT2D eigenvalue weighted by Crippen LogP contribution is 2.36. The van der Waals surface area contributed by atoms with E-state index in [2.05, 4.69) is 0 Å². The van der Waals surface area contributed by atoms with Crippen LogP contribution in [-0.4, -0.2) is 11.6 Å². The fourth-order valence-electron chi connectivity index (χ4n) is 2.79. The van der Waals surface area contributed by atoms with E-state index in [4.69, 9.17) is 0 Å². The maximum absolute atomic E-state index is 12.5. The molecule has 0 bridgehead atoms. The number of rotatable bonds is 2. The molecule has 0 aliphatic heterocycles. The zero-order chi connectivity index (χ0) is 12.5. The Labute approximate surface area is 102 Å². The normalized spacial score (nSPS) is 24.0. The smallest absolute Gasteiger partial charge is 0.169 e. The van der Waals surface area contributed by atoms with Crippen LogP contribution < -0.4 is 0 Å². The minimum atomic E-state index is -0.502. The molecule has 1 unspecified atom stereocenters. The van der Waals surface area contributed by atoms with Gasteiger partial charge in [-0.2, -0.15) is 0 Å². The highest BCUT2D eigenvalue weighted by atomic mass is 16.1. The highest BCUT2D eigenvalue weighted by molar-refractivity contribution is 6.03. The first kappa shape index (κ1) is 12.0. The summed E-state index contributed by atoms with van der Waals surface area (Å²) in [6.07, 6.45) is 3.09. The van der Waals surface area contributed by atoms with Crippen LogP contribution in [0.4, 0.5) is 0 Å². The minimum absolute atomic E-state index is 0.0974. The number of hydrogen-bond donors (Lipinski definition) is 0. The summed E-state index contributed by atoms with van der Waals surface area (Å²) in [5.74, 6) is 0.237. The molecule has 90 valence electrons. The molecule has 1 aromatic rings. The van der Waals surface area contributed by atoms with Crippen LogP contribution >= 0.6 is 0 Å². The molecule has 2 heteroatoms. The first-order chi connectivity index (χ1) is 8.03. The zero-order valence-electron chi connectivity index (χ0n) is 10.5. The van der Waals surface area contributed by atoms with Gasteiger partial charge in [0.05, 0.1) is 0 Å². The van der Waals surface area contributed by atoms with E-state index in [1.807, 2.05) is 31.2 Å². The largest absolute Gasteiger partial charge is 0.300 e. The van der Waals surface area contributed by atoms with Gasteiger partial charge in [0, 0.05) is 17.4 Å². The molecule has 0 saturated carbocycles. The Morgan fingerprint density at radius 1 is 1.35 bits per heavy atom. The third-order valence-electron chi connectivity index (χ3n) is 3.62. The van der Waals surface area contributed by atoms with Crippen LogP contribution in [0.1, 0.15) is 49.0 Å². The molecule has 1 aliphatic rings. The summed E-state index contributed by atoms with van der Waals surface area (Å²) in [5, 5.41) is 0. The molecular weight excluding hydrogens is 212 g/mol. The lowest BCUT2D eigenvalue weighted by molar-refractivity contribution is -0.118. The van der Waals surface area contributed by atoms with Gasteiger partial charge < -0.3 is 0 Å². The van der Waals surface area contributed by atoms with Crippen molar-refractivity contribution in [1.29, 1.82) is 0 Å². The van der Waals surface area contributed by atoms with Crippen molar-refractivity contribution in [3.8, 4) is 0 Å². The zero-order valence-corrected chi connectivity index (χ0v) is 10.5. The fraction of sp³-hybridized carbons (Fsp3) is 0.467. The van der Waals surface area contributed by atoms with E-state index in [0.29, 0.717) is 6.42 Å². The number of carbonyl (C=O) groups excluding carboxylic acids is 2. The van der Waals surface area contributed by atoms with Gasteiger partial charge in [0.1, 0.15) is 5.78 Å². The third-order valence-corrected chi connectivity index (χ3v) is 3.62. The number of carbonyl (C=O) groups is 2. The third kappa shape index (κ3) is 2.31. The van der Waals surface area contributed by atoms with Crippen LogP contribution in [0.2, 0.25) is 0 Å². The molecule has 1 aliphatic carbocycles. The quantitative estimate of drug-likeness (QED) is 0.731. The van der Waals surface area contributed by atoms with E-state index in [9.17, 15) is 9.59 Å². The van der Waals surface area contributed by atoms with Crippen LogP contribution in [0.3, 0.4) is 0 Å². The number of fused-ring (bicyclic) bond motifs is 1. The molecule has 0 amide bonds. The van der Waals surface area contributed by atoms with Crippen LogP contribution in [-0.2, 0) is 11.2 Å². The van der Waals surface area contributed by atoms with Crippen LogP contribution in [0.15, 0.2) is 24.3 Å². The van der Waals surface area contributed by atoms with E-state index in [1.165, 1.54) is 0 Å². The number of benzene rings is 1. The number of hydrogen-bond acceptors (Lipinski definition) is 2. The van der Waals surface area contributed by atoms with E-state index in [-0.39, 0.29) is 11.6 Å². The first-order valence-corrected chi connectivity index (χ1v) is 6.15. The average Bonchev–Trinajstić information content (AvgIpc) is 2.38.